The lowest BCUT2D eigenvalue weighted by Gasteiger charge is -2.29. The summed E-state index contributed by atoms with van der Waals surface area (Å²) in [5.41, 5.74) is 6.01. The van der Waals surface area contributed by atoms with Crippen molar-refractivity contribution in [3.8, 4) is 0 Å². The van der Waals surface area contributed by atoms with Crippen LogP contribution in [0.2, 0.25) is 0 Å². The third-order valence-electron chi connectivity index (χ3n) is 3.50. The SMILES string of the molecule is CN(C(=O)C(N)C1CCOCC1)C1CC1. The van der Waals surface area contributed by atoms with Crippen LogP contribution in [0.4, 0.5) is 0 Å². The molecule has 2 rings (SSSR count). The minimum absolute atomic E-state index is 0.115. The summed E-state index contributed by atoms with van der Waals surface area (Å²) < 4.78 is 5.27. The molecule has 1 heterocycles. The monoisotopic (exact) mass is 212 g/mol. The molecular weight excluding hydrogens is 192 g/mol. The van der Waals surface area contributed by atoms with Crippen LogP contribution in [0, 0.1) is 5.92 Å². The highest BCUT2D eigenvalue weighted by Gasteiger charge is 2.35. The van der Waals surface area contributed by atoms with Crippen LogP contribution in [0.25, 0.3) is 0 Å². The fourth-order valence-electron chi connectivity index (χ4n) is 2.15. The van der Waals surface area contributed by atoms with Gasteiger partial charge in [-0.25, -0.2) is 0 Å². The van der Waals surface area contributed by atoms with Gasteiger partial charge < -0.3 is 15.4 Å². The van der Waals surface area contributed by atoms with E-state index >= 15 is 0 Å². The summed E-state index contributed by atoms with van der Waals surface area (Å²) in [6.07, 6.45) is 4.13. The van der Waals surface area contributed by atoms with Crippen LogP contribution >= 0.6 is 0 Å². The van der Waals surface area contributed by atoms with Crippen molar-refractivity contribution < 1.29 is 9.53 Å². The van der Waals surface area contributed by atoms with E-state index < -0.39 is 0 Å². The molecule has 0 radical (unpaired) electrons. The number of hydrogen-bond donors (Lipinski definition) is 1. The van der Waals surface area contributed by atoms with Crippen LogP contribution in [-0.4, -0.2) is 43.2 Å². The number of carbonyl (C=O) groups excluding carboxylic acids is 1. The molecule has 1 atom stereocenters. The Labute approximate surface area is 90.8 Å². The van der Waals surface area contributed by atoms with E-state index in [9.17, 15) is 4.79 Å². The molecule has 0 bridgehead atoms. The summed E-state index contributed by atoms with van der Waals surface area (Å²) in [7, 11) is 1.87. The summed E-state index contributed by atoms with van der Waals surface area (Å²) in [5, 5.41) is 0. The molecule has 1 aliphatic carbocycles. The summed E-state index contributed by atoms with van der Waals surface area (Å²) >= 11 is 0. The van der Waals surface area contributed by atoms with Crippen molar-refractivity contribution in [1.82, 2.24) is 4.90 Å². The molecule has 2 N–H and O–H groups in total. The maximum atomic E-state index is 12.0. The number of likely N-dealkylation sites (N-methyl/N-ethyl adjacent to an activating group) is 1. The number of amides is 1. The summed E-state index contributed by atoms with van der Waals surface area (Å²) in [4.78, 5) is 13.8. The lowest BCUT2D eigenvalue weighted by Crippen LogP contribution is -2.48. The predicted molar refractivity (Wildman–Crippen MR) is 57.3 cm³/mol. The highest BCUT2D eigenvalue weighted by Crippen LogP contribution is 2.27. The van der Waals surface area contributed by atoms with Gasteiger partial charge in [-0.2, -0.15) is 0 Å². The van der Waals surface area contributed by atoms with Gasteiger partial charge in [0.1, 0.15) is 0 Å². The van der Waals surface area contributed by atoms with Crippen molar-refractivity contribution in [3.05, 3.63) is 0 Å². The van der Waals surface area contributed by atoms with Crippen molar-refractivity contribution in [2.45, 2.75) is 37.8 Å². The highest BCUT2D eigenvalue weighted by atomic mass is 16.5. The molecule has 1 unspecified atom stereocenters. The molecular formula is C11H20N2O2. The van der Waals surface area contributed by atoms with E-state index in [-0.39, 0.29) is 11.9 Å². The molecule has 0 aromatic carbocycles. The number of hydrogen-bond acceptors (Lipinski definition) is 3. The third kappa shape index (κ3) is 2.49. The Bertz CT molecular complexity index is 235. The highest BCUT2D eigenvalue weighted by molar-refractivity contribution is 5.82. The zero-order valence-electron chi connectivity index (χ0n) is 9.32. The van der Waals surface area contributed by atoms with Crippen molar-refractivity contribution in [2.24, 2.45) is 11.7 Å². The second-order valence-electron chi connectivity index (χ2n) is 4.66. The average Bonchev–Trinajstić information content (AvgIpc) is 3.11. The van der Waals surface area contributed by atoms with Crippen molar-refractivity contribution in [1.29, 1.82) is 0 Å². The third-order valence-corrected chi connectivity index (χ3v) is 3.50. The molecule has 4 heteroatoms. The maximum absolute atomic E-state index is 12.0. The first-order valence-corrected chi connectivity index (χ1v) is 5.80. The number of carbonyl (C=O) groups is 1. The molecule has 4 nitrogen and oxygen atoms in total. The molecule has 1 saturated carbocycles. The van der Waals surface area contributed by atoms with Crippen molar-refractivity contribution in [2.75, 3.05) is 20.3 Å². The van der Waals surface area contributed by atoms with Crippen LogP contribution < -0.4 is 5.73 Å². The van der Waals surface area contributed by atoms with E-state index in [0.717, 1.165) is 38.9 Å². The molecule has 0 aromatic heterocycles. The van der Waals surface area contributed by atoms with Gasteiger partial charge in [-0.3, -0.25) is 4.79 Å². The van der Waals surface area contributed by atoms with Gasteiger partial charge in [-0.15, -0.1) is 0 Å². The van der Waals surface area contributed by atoms with Gasteiger partial charge in [0.15, 0.2) is 0 Å². The van der Waals surface area contributed by atoms with E-state index in [2.05, 4.69) is 0 Å². The molecule has 86 valence electrons. The summed E-state index contributed by atoms with van der Waals surface area (Å²) in [5.74, 6) is 0.428. The Morgan fingerprint density at radius 1 is 1.33 bits per heavy atom. The standard InChI is InChI=1S/C11H20N2O2/c1-13(9-2-3-9)11(14)10(12)8-4-6-15-7-5-8/h8-10H,2-7,12H2,1H3. The number of ether oxygens (including phenoxy) is 1. The fourth-order valence-corrected chi connectivity index (χ4v) is 2.15. The zero-order valence-corrected chi connectivity index (χ0v) is 9.32. The molecule has 0 aromatic rings. The molecule has 0 spiro atoms. The zero-order chi connectivity index (χ0) is 10.8. The molecule has 1 saturated heterocycles. The minimum Gasteiger partial charge on any atom is -0.381 e. The van der Waals surface area contributed by atoms with E-state index in [4.69, 9.17) is 10.5 Å². The number of nitrogens with zero attached hydrogens (tertiary/aromatic N) is 1. The fraction of sp³-hybridized carbons (Fsp3) is 0.909. The Balaban J connectivity index is 1.87. The average molecular weight is 212 g/mol. The molecule has 2 aliphatic rings. The predicted octanol–water partition coefficient (Wildman–Crippen LogP) is 0.361. The smallest absolute Gasteiger partial charge is 0.239 e. The van der Waals surface area contributed by atoms with Gasteiger partial charge in [0.25, 0.3) is 0 Å². The van der Waals surface area contributed by atoms with E-state index in [1.54, 1.807) is 0 Å². The van der Waals surface area contributed by atoms with Crippen molar-refractivity contribution in [3.63, 3.8) is 0 Å². The van der Waals surface area contributed by atoms with Gasteiger partial charge in [0, 0.05) is 26.3 Å². The first kappa shape index (κ1) is 10.9. The minimum atomic E-state index is -0.320. The second-order valence-corrected chi connectivity index (χ2v) is 4.66. The van der Waals surface area contributed by atoms with Gasteiger partial charge in [-0.05, 0) is 31.6 Å². The Hall–Kier alpha value is -0.610. The lowest BCUT2D eigenvalue weighted by atomic mass is 9.91. The topological polar surface area (TPSA) is 55.6 Å². The molecule has 15 heavy (non-hydrogen) atoms. The van der Waals surface area contributed by atoms with Crippen LogP contribution in [-0.2, 0) is 9.53 Å². The summed E-state index contributed by atoms with van der Waals surface area (Å²) in [6.45, 7) is 1.50. The van der Waals surface area contributed by atoms with Crippen LogP contribution in [0.1, 0.15) is 25.7 Å². The lowest BCUT2D eigenvalue weighted by molar-refractivity contribution is -0.133. The summed E-state index contributed by atoms with van der Waals surface area (Å²) in [6, 6.07) is 0.142. The van der Waals surface area contributed by atoms with Crippen molar-refractivity contribution >= 4 is 5.91 Å². The second kappa shape index (κ2) is 4.49. The first-order valence-electron chi connectivity index (χ1n) is 5.80. The largest absolute Gasteiger partial charge is 0.381 e. The first-order chi connectivity index (χ1) is 7.20. The van der Waals surface area contributed by atoms with Gasteiger partial charge in [-0.1, -0.05) is 0 Å². The van der Waals surface area contributed by atoms with Crippen LogP contribution in [0.5, 0.6) is 0 Å². The number of rotatable bonds is 3. The van der Waals surface area contributed by atoms with E-state index in [1.165, 1.54) is 0 Å². The maximum Gasteiger partial charge on any atom is 0.239 e. The van der Waals surface area contributed by atoms with Gasteiger partial charge >= 0.3 is 0 Å². The van der Waals surface area contributed by atoms with Gasteiger partial charge in [0.2, 0.25) is 5.91 Å². The van der Waals surface area contributed by atoms with E-state index in [1.807, 2.05) is 11.9 Å². The Morgan fingerprint density at radius 2 is 1.93 bits per heavy atom. The molecule has 1 amide bonds. The Morgan fingerprint density at radius 3 is 2.47 bits per heavy atom. The normalized spacial score (nSPS) is 24.9. The molecule has 2 fully saturated rings. The van der Waals surface area contributed by atoms with E-state index in [0.29, 0.717) is 12.0 Å². The number of nitrogens with two attached hydrogens (primary N) is 1. The quantitative estimate of drug-likeness (QED) is 0.735. The van der Waals surface area contributed by atoms with Crippen LogP contribution in [0.15, 0.2) is 0 Å². The van der Waals surface area contributed by atoms with Gasteiger partial charge in [0.05, 0.1) is 6.04 Å². The molecule has 1 aliphatic heterocycles. The Kier molecular flexibility index (Phi) is 3.26. The van der Waals surface area contributed by atoms with Crippen LogP contribution in [0.3, 0.4) is 0 Å².